The van der Waals surface area contributed by atoms with E-state index in [4.69, 9.17) is 0 Å². The molecule has 0 aliphatic rings. The summed E-state index contributed by atoms with van der Waals surface area (Å²) < 4.78 is 0. The Kier molecular flexibility index (Phi) is 5.21. The molecule has 2 aromatic heterocycles. The molecule has 2 aromatic carbocycles. The van der Waals surface area contributed by atoms with E-state index in [0.29, 0.717) is 16.5 Å². The topological polar surface area (TPSA) is 67.8 Å². The van der Waals surface area contributed by atoms with Crippen LogP contribution < -0.4 is 5.32 Å². The van der Waals surface area contributed by atoms with E-state index in [0.717, 1.165) is 23.2 Å². The molecule has 5 nitrogen and oxygen atoms in total. The molecular weight excluding hydrogens is 368 g/mol. The summed E-state index contributed by atoms with van der Waals surface area (Å²) in [6.45, 7) is 2.13. The van der Waals surface area contributed by atoms with Gasteiger partial charge < -0.3 is 0 Å². The highest BCUT2D eigenvalue weighted by atomic mass is 32.1. The van der Waals surface area contributed by atoms with Crippen molar-refractivity contribution in [3.05, 3.63) is 83.5 Å². The van der Waals surface area contributed by atoms with Gasteiger partial charge in [0.05, 0.1) is 11.3 Å². The smallest absolute Gasteiger partial charge is 0.260 e. The fraction of sp³-hybridized carbons (Fsp3) is 0.0909. The minimum atomic E-state index is -0.276. The van der Waals surface area contributed by atoms with E-state index < -0.39 is 0 Å². The number of aromatic nitrogens is 3. The second-order valence-corrected chi connectivity index (χ2v) is 7.06. The zero-order valence-electron chi connectivity index (χ0n) is 15.3. The number of carbonyl (C=O) groups is 1. The lowest BCUT2D eigenvalue weighted by atomic mass is 10.1. The molecule has 0 saturated carbocycles. The molecule has 0 aliphatic heterocycles. The molecule has 1 amide bonds. The van der Waals surface area contributed by atoms with Crippen LogP contribution in [0, 0.1) is 0 Å². The van der Waals surface area contributed by atoms with Gasteiger partial charge in [-0.1, -0.05) is 61.5 Å². The number of hydrogen-bond donors (Lipinski definition) is 1. The van der Waals surface area contributed by atoms with Crippen molar-refractivity contribution in [3.63, 3.8) is 0 Å². The highest BCUT2D eigenvalue weighted by Gasteiger charge is 2.11. The highest BCUT2D eigenvalue weighted by molar-refractivity contribution is 7.14. The van der Waals surface area contributed by atoms with Crippen LogP contribution in [-0.2, 0) is 6.42 Å². The fourth-order valence-corrected chi connectivity index (χ4v) is 3.44. The van der Waals surface area contributed by atoms with Crippen LogP contribution in [0.4, 0.5) is 5.13 Å². The summed E-state index contributed by atoms with van der Waals surface area (Å²) in [5.74, 6) is 0.311. The standard InChI is InChI=1S/C22H18N4OS/c1-2-15-8-10-16(11-9-15)19-14-28-22(25-19)26-21(27)18-12-23-20(24-13-18)17-6-4-3-5-7-17/h3-14H,2H2,1H3,(H,25,26,27). The normalized spacial score (nSPS) is 10.6. The number of nitrogens with one attached hydrogen (secondary N) is 1. The van der Waals surface area contributed by atoms with Gasteiger partial charge in [-0.25, -0.2) is 15.0 Å². The Morgan fingerprint density at radius 2 is 1.68 bits per heavy atom. The van der Waals surface area contributed by atoms with Crippen LogP contribution in [0.25, 0.3) is 22.6 Å². The monoisotopic (exact) mass is 386 g/mol. The summed E-state index contributed by atoms with van der Waals surface area (Å²) in [6.07, 6.45) is 4.06. The minimum Gasteiger partial charge on any atom is -0.298 e. The zero-order valence-corrected chi connectivity index (χ0v) is 16.1. The number of rotatable bonds is 5. The maximum absolute atomic E-state index is 12.5. The molecule has 0 fully saturated rings. The van der Waals surface area contributed by atoms with Crippen molar-refractivity contribution in [1.29, 1.82) is 0 Å². The van der Waals surface area contributed by atoms with Gasteiger partial charge in [0.1, 0.15) is 0 Å². The van der Waals surface area contributed by atoms with Gasteiger partial charge in [-0.2, -0.15) is 0 Å². The third kappa shape index (κ3) is 3.97. The molecule has 0 saturated heterocycles. The Hall–Kier alpha value is -3.38. The van der Waals surface area contributed by atoms with Gasteiger partial charge in [-0.3, -0.25) is 10.1 Å². The number of nitrogens with zero attached hydrogens (tertiary/aromatic N) is 3. The maximum Gasteiger partial charge on any atom is 0.260 e. The van der Waals surface area contributed by atoms with Crippen molar-refractivity contribution in [2.75, 3.05) is 5.32 Å². The molecular formula is C22H18N4OS. The molecule has 2 heterocycles. The van der Waals surface area contributed by atoms with Crippen molar-refractivity contribution >= 4 is 22.4 Å². The van der Waals surface area contributed by atoms with Gasteiger partial charge in [0, 0.05) is 28.9 Å². The first-order chi connectivity index (χ1) is 13.7. The van der Waals surface area contributed by atoms with Crippen LogP contribution in [0.1, 0.15) is 22.8 Å². The van der Waals surface area contributed by atoms with Crippen LogP contribution >= 0.6 is 11.3 Å². The van der Waals surface area contributed by atoms with Gasteiger partial charge in [0.25, 0.3) is 5.91 Å². The third-order valence-corrected chi connectivity index (χ3v) is 5.09. The molecule has 0 radical (unpaired) electrons. The molecule has 4 aromatic rings. The molecule has 138 valence electrons. The SMILES string of the molecule is CCc1ccc(-c2csc(NC(=O)c3cnc(-c4ccccc4)nc3)n2)cc1. The first-order valence-corrected chi connectivity index (χ1v) is 9.84. The van der Waals surface area contributed by atoms with Crippen molar-refractivity contribution in [1.82, 2.24) is 15.0 Å². The lowest BCUT2D eigenvalue weighted by Crippen LogP contribution is -2.12. The van der Waals surface area contributed by atoms with Crippen LogP contribution in [0.5, 0.6) is 0 Å². The average Bonchev–Trinajstić information content (AvgIpc) is 3.23. The van der Waals surface area contributed by atoms with Gasteiger partial charge in [0.15, 0.2) is 11.0 Å². The quantitative estimate of drug-likeness (QED) is 0.519. The second kappa shape index (κ2) is 8.10. The van der Waals surface area contributed by atoms with Crippen LogP contribution in [0.15, 0.2) is 72.4 Å². The summed E-state index contributed by atoms with van der Waals surface area (Å²) in [6, 6.07) is 17.9. The van der Waals surface area contributed by atoms with E-state index in [2.05, 4.69) is 51.5 Å². The predicted molar refractivity (Wildman–Crippen MR) is 112 cm³/mol. The Balaban J connectivity index is 1.46. The lowest BCUT2D eigenvalue weighted by molar-refractivity contribution is 0.102. The van der Waals surface area contributed by atoms with E-state index in [-0.39, 0.29) is 5.91 Å². The summed E-state index contributed by atoms with van der Waals surface area (Å²) in [4.78, 5) is 25.6. The molecule has 0 aliphatic carbocycles. The van der Waals surface area contributed by atoms with Crippen LogP contribution in [0.2, 0.25) is 0 Å². The Morgan fingerprint density at radius 1 is 0.964 bits per heavy atom. The van der Waals surface area contributed by atoms with Crippen molar-refractivity contribution in [2.24, 2.45) is 0 Å². The molecule has 0 atom stereocenters. The number of anilines is 1. The van der Waals surface area contributed by atoms with E-state index in [9.17, 15) is 4.79 Å². The fourth-order valence-electron chi connectivity index (χ4n) is 2.73. The van der Waals surface area contributed by atoms with Crippen molar-refractivity contribution < 1.29 is 4.79 Å². The maximum atomic E-state index is 12.5. The van der Waals surface area contributed by atoms with E-state index in [1.807, 2.05) is 35.7 Å². The number of benzene rings is 2. The Labute approximate surface area is 167 Å². The predicted octanol–water partition coefficient (Wildman–Crippen LogP) is 5.08. The van der Waals surface area contributed by atoms with E-state index in [1.165, 1.54) is 29.3 Å². The minimum absolute atomic E-state index is 0.276. The first-order valence-electron chi connectivity index (χ1n) is 8.96. The summed E-state index contributed by atoms with van der Waals surface area (Å²) >= 11 is 1.39. The lowest BCUT2D eigenvalue weighted by Gasteiger charge is -2.03. The van der Waals surface area contributed by atoms with Gasteiger partial charge in [0.2, 0.25) is 0 Å². The molecule has 1 N–H and O–H groups in total. The third-order valence-electron chi connectivity index (χ3n) is 4.33. The Bertz CT molecular complexity index is 1070. The highest BCUT2D eigenvalue weighted by Crippen LogP contribution is 2.25. The summed E-state index contributed by atoms with van der Waals surface area (Å²) in [5, 5.41) is 5.30. The van der Waals surface area contributed by atoms with Gasteiger partial charge >= 0.3 is 0 Å². The number of carbonyl (C=O) groups excluding carboxylic acids is 1. The van der Waals surface area contributed by atoms with Gasteiger partial charge in [-0.15, -0.1) is 11.3 Å². The molecule has 4 rings (SSSR count). The zero-order chi connectivity index (χ0) is 19.3. The van der Waals surface area contributed by atoms with Crippen molar-refractivity contribution in [2.45, 2.75) is 13.3 Å². The van der Waals surface area contributed by atoms with Crippen LogP contribution in [-0.4, -0.2) is 20.9 Å². The van der Waals surface area contributed by atoms with Crippen molar-refractivity contribution in [3.8, 4) is 22.6 Å². The molecule has 6 heteroatoms. The molecule has 0 unspecified atom stereocenters. The molecule has 28 heavy (non-hydrogen) atoms. The largest absolute Gasteiger partial charge is 0.298 e. The summed E-state index contributed by atoms with van der Waals surface area (Å²) in [7, 11) is 0. The number of thiazole rings is 1. The number of hydrogen-bond acceptors (Lipinski definition) is 5. The van der Waals surface area contributed by atoms with E-state index >= 15 is 0 Å². The number of amides is 1. The second-order valence-electron chi connectivity index (χ2n) is 6.20. The Morgan fingerprint density at radius 3 is 2.36 bits per heavy atom. The average molecular weight is 386 g/mol. The number of aryl methyl sites for hydroxylation is 1. The summed E-state index contributed by atoms with van der Waals surface area (Å²) in [5.41, 5.74) is 4.46. The molecule has 0 spiro atoms. The van der Waals surface area contributed by atoms with Crippen LogP contribution in [0.3, 0.4) is 0 Å². The molecule has 0 bridgehead atoms. The van der Waals surface area contributed by atoms with Gasteiger partial charge in [-0.05, 0) is 12.0 Å². The first kappa shape index (κ1) is 18.0. The van der Waals surface area contributed by atoms with E-state index in [1.54, 1.807) is 0 Å².